The van der Waals surface area contributed by atoms with Crippen LogP contribution in [0.3, 0.4) is 0 Å². The average molecular weight is 340 g/mol. The van der Waals surface area contributed by atoms with Gasteiger partial charge in [-0.1, -0.05) is 36.4 Å². The first-order chi connectivity index (χ1) is 12.2. The SMILES string of the molecule is CC(C)Oc1ccccc1N1CCN(Cc2cccc(CO)c2)CC1. The highest BCUT2D eigenvalue weighted by molar-refractivity contribution is 5.58. The first kappa shape index (κ1) is 17.8. The highest BCUT2D eigenvalue weighted by Gasteiger charge is 2.20. The molecule has 0 saturated carbocycles. The fourth-order valence-electron chi connectivity index (χ4n) is 3.30. The van der Waals surface area contributed by atoms with Crippen LogP contribution in [0.15, 0.2) is 48.5 Å². The van der Waals surface area contributed by atoms with Crippen molar-refractivity contribution in [1.29, 1.82) is 0 Å². The van der Waals surface area contributed by atoms with E-state index < -0.39 is 0 Å². The van der Waals surface area contributed by atoms with Crippen LogP contribution in [0.25, 0.3) is 0 Å². The summed E-state index contributed by atoms with van der Waals surface area (Å²) in [5, 5.41) is 9.28. The monoisotopic (exact) mass is 340 g/mol. The van der Waals surface area contributed by atoms with Gasteiger partial charge in [0.15, 0.2) is 0 Å². The van der Waals surface area contributed by atoms with E-state index in [2.05, 4.69) is 54.0 Å². The van der Waals surface area contributed by atoms with E-state index in [1.807, 2.05) is 18.2 Å². The third-order valence-corrected chi connectivity index (χ3v) is 4.52. The summed E-state index contributed by atoms with van der Waals surface area (Å²) in [5.41, 5.74) is 3.44. The Balaban J connectivity index is 1.60. The highest BCUT2D eigenvalue weighted by atomic mass is 16.5. The number of para-hydroxylation sites is 2. The van der Waals surface area contributed by atoms with Gasteiger partial charge in [0.2, 0.25) is 0 Å². The lowest BCUT2D eigenvalue weighted by molar-refractivity contribution is 0.235. The molecule has 0 unspecified atom stereocenters. The van der Waals surface area contributed by atoms with E-state index in [9.17, 15) is 5.11 Å². The summed E-state index contributed by atoms with van der Waals surface area (Å²) in [6.07, 6.45) is 0.182. The zero-order valence-corrected chi connectivity index (χ0v) is 15.2. The molecule has 4 heteroatoms. The van der Waals surface area contributed by atoms with Crippen molar-refractivity contribution in [3.8, 4) is 5.75 Å². The summed E-state index contributed by atoms with van der Waals surface area (Å²) in [7, 11) is 0. The van der Waals surface area contributed by atoms with E-state index in [4.69, 9.17) is 4.74 Å². The molecule has 0 atom stereocenters. The molecule has 0 aliphatic carbocycles. The Kier molecular flexibility index (Phi) is 5.95. The van der Waals surface area contributed by atoms with Crippen molar-refractivity contribution in [2.45, 2.75) is 33.1 Å². The minimum atomic E-state index is 0.105. The molecule has 3 rings (SSSR count). The number of hydrogen-bond donors (Lipinski definition) is 1. The normalized spacial score (nSPS) is 15.6. The fraction of sp³-hybridized carbons (Fsp3) is 0.429. The Hall–Kier alpha value is -2.04. The van der Waals surface area contributed by atoms with Gasteiger partial charge in [-0.2, -0.15) is 0 Å². The van der Waals surface area contributed by atoms with E-state index in [-0.39, 0.29) is 12.7 Å². The summed E-state index contributed by atoms with van der Waals surface area (Å²) in [4.78, 5) is 4.89. The van der Waals surface area contributed by atoms with Gasteiger partial charge in [0.05, 0.1) is 18.4 Å². The quantitative estimate of drug-likeness (QED) is 0.875. The molecular weight excluding hydrogens is 312 g/mol. The molecule has 134 valence electrons. The largest absolute Gasteiger partial charge is 0.489 e. The van der Waals surface area contributed by atoms with Gasteiger partial charge in [-0.25, -0.2) is 0 Å². The van der Waals surface area contributed by atoms with Crippen LogP contribution in [0.1, 0.15) is 25.0 Å². The minimum absolute atomic E-state index is 0.105. The van der Waals surface area contributed by atoms with Gasteiger partial charge in [0.1, 0.15) is 5.75 Å². The molecule has 1 saturated heterocycles. The number of anilines is 1. The molecule has 1 heterocycles. The number of nitrogens with zero attached hydrogens (tertiary/aromatic N) is 2. The van der Waals surface area contributed by atoms with Crippen LogP contribution in [0.4, 0.5) is 5.69 Å². The van der Waals surface area contributed by atoms with Gasteiger partial charge in [-0.15, -0.1) is 0 Å². The van der Waals surface area contributed by atoms with Crippen LogP contribution in [0.2, 0.25) is 0 Å². The molecule has 0 amide bonds. The Morgan fingerprint density at radius 2 is 1.68 bits per heavy atom. The maximum atomic E-state index is 9.28. The zero-order chi connectivity index (χ0) is 17.6. The number of piperazine rings is 1. The maximum absolute atomic E-state index is 9.28. The van der Waals surface area contributed by atoms with Crippen molar-refractivity contribution in [3.05, 3.63) is 59.7 Å². The molecule has 1 aliphatic rings. The average Bonchev–Trinajstić information content (AvgIpc) is 2.63. The van der Waals surface area contributed by atoms with E-state index in [0.29, 0.717) is 0 Å². The highest BCUT2D eigenvalue weighted by Crippen LogP contribution is 2.29. The van der Waals surface area contributed by atoms with Crippen LogP contribution < -0.4 is 9.64 Å². The number of aliphatic hydroxyl groups excluding tert-OH is 1. The molecule has 0 radical (unpaired) electrons. The van der Waals surface area contributed by atoms with Crippen molar-refractivity contribution < 1.29 is 9.84 Å². The lowest BCUT2D eigenvalue weighted by Crippen LogP contribution is -2.46. The first-order valence-corrected chi connectivity index (χ1v) is 9.07. The summed E-state index contributed by atoms with van der Waals surface area (Å²) in [6, 6.07) is 16.5. The Morgan fingerprint density at radius 3 is 2.40 bits per heavy atom. The van der Waals surface area contributed by atoms with Crippen LogP contribution in [-0.4, -0.2) is 42.3 Å². The molecule has 25 heavy (non-hydrogen) atoms. The summed E-state index contributed by atoms with van der Waals surface area (Å²) in [6.45, 7) is 9.22. The second-order valence-electron chi connectivity index (χ2n) is 6.88. The summed E-state index contributed by atoms with van der Waals surface area (Å²) >= 11 is 0. The second kappa shape index (κ2) is 8.37. The Labute approximate surface area is 150 Å². The molecule has 1 N–H and O–H groups in total. The van der Waals surface area contributed by atoms with Crippen molar-refractivity contribution in [2.75, 3.05) is 31.1 Å². The molecule has 1 aliphatic heterocycles. The molecule has 0 aromatic heterocycles. The van der Waals surface area contributed by atoms with Gasteiger partial charge in [-0.05, 0) is 37.1 Å². The molecule has 0 spiro atoms. The van der Waals surface area contributed by atoms with Crippen molar-refractivity contribution >= 4 is 5.69 Å². The Bertz CT molecular complexity index is 679. The van der Waals surface area contributed by atoms with Crippen LogP contribution >= 0.6 is 0 Å². The van der Waals surface area contributed by atoms with E-state index >= 15 is 0 Å². The van der Waals surface area contributed by atoms with Gasteiger partial charge < -0.3 is 14.7 Å². The third kappa shape index (κ3) is 4.74. The molecule has 2 aromatic carbocycles. The first-order valence-electron chi connectivity index (χ1n) is 9.07. The summed E-state index contributed by atoms with van der Waals surface area (Å²) in [5.74, 6) is 0.974. The molecular formula is C21H28N2O2. The molecule has 4 nitrogen and oxygen atoms in total. The minimum Gasteiger partial charge on any atom is -0.489 e. The van der Waals surface area contributed by atoms with Gasteiger partial charge in [0, 0.05) is 32.7 Å². The van der Waals surface area contributed by atoms with Gasteiger partial charge in [0.25, 0.3) is 0 Å². The predicted molar refractivity (Wildman–Crippen MR) is 102 cm³/mol. The lowest BCUT2D eigenvalue weighted by atomic mass is 10.1. The van der Waals surface area contributed by atoms with Crippen molar-refractivity contribution in [1.82, 2.24) is 4.90 Å². The fourth-order valence-corrected chi connectivity index (χ4v) is 3.30. The van der Waals surface area contributed by atoms with Crippen LogP contribution in [-0.2, 0) is 13.2 Å². The topological polar surface area (TPSA) is 35.9 Å². The number of aliphatic hydroxyl groups is 1. The van der Waals surface area contributed by atoms with E-state index in [1.165, 1.54) is 11.3 Å². The number of hydrogen-bond acceptors (Lipinski definition) is 4. The van der Waals surface area contributed by atoms with E-state index in [0.717, 1.165) is 44.0 Å². The van der Waals surface area contributed by atoms with Crippen molar-refractivity contribution in [3.63, 3.8) is 0 Å². The molecule has 1 fully saturated rings. The number of rotatable bonds is 6. The van der Waals surface area contributed by atoms with Crippen LogP contribution in [0, 0.1) is 0 Å². The smallest absolute Gasteiger partial charge is 0.142 e. The standard InChI is InChI=1S/C21H28N2O2/c1-17(2)25-21-9-4-3-8-20(21)23-12-10-22(11-13-23)15-18-6-5-7-19(14-18)16-24/h3-9,14,17,24H,10-13,15-16H2,1-2H3. The van der Waals surface area contributed by atoms with Gasteiger partial charge in [-0.3, -0.25) is 4.90 Å². The maximum Gasteiger partial charge on any atom is 0.142 e. The zero-order valence-electron chi connectivity index (χ0n) is 15.2. The number of ether oxygens (including phenoxy) is 1. The van der Waals surface area contributed by atoms with E-state index in [1.54, 1.807) is 0 Å². The predicted octanol–water partition coefficient (Wildman–Crippen LogP) is 3.29. The molecule has 0 bridgehead atoms. The van der Waals surface area contributed by atoms with Gasteiger partial charge >= 0.3 is 0 Å². The summed E-state index contributed by atoms with van der Waals surface area (Å²) < 4.78 is 5.97. The Morgan fingerprint density at radius 1 is 0.960 bits per heavy atom. The molecule has 2 aromatic rings. The lowest BCUT2D eigenvalue weighted by Gasteiger charge is -2.37. The third-order valence-electron chi connectivity index (χ3n) is 4.52. The van der Waals surface area contributed by atoms with Crippen LogP contribution in [0.5, 0.6) is 5.75 Å². The second-order valence-corrected chi connectivity index (χ2v) is 6.88. The number of benzene rings is 2. The van der Waals surface area contributed by atoms with Crippen molar-refractivity contribution in [2.24, 2.45) is 0 Å².